The van der Waals surface area contributed by atoms with Crippen molar-refractivity contribution in [2.75, 3.05) is 6.54 Å². The molecule has 0 bridgehead atoms. The van der Waals surface area contributed by atoms with Gasteiger partial charge in [0, 0.05) is 18.0 Å². The Morgan fingerprint density at radius 2 is 1.94 bits per heavy atom. The molecule has 1 nitrogen and oxygen atoms in total. The fourth-order valence-electron chi connectivity index (χ4n) is 2.11. The van der Waals surface area contributed by atoms with Crippen molar-refractivity contribution in [2.24, 2.45) is 0 Å². The van der Waals surface area contributed by atoms with Crippen molar-refractivity contribution in [1.82, 2.24) is 4.90 Å². The molecular weight excluding hydrogens is 238 g/mol. The highest BCUT2D eigenvalue weighted by Gasteiger charge is 2.07. The molecule has 96 valence electrons. The van der Waals surface area contributed by atoms with Crippen LogP contribution in [-0.2, 0) is 13.1 Å². The Kier molecular flexibility index (Phi) is 4.56. The summed E-state index contributed by atoms with van der Waals surface area (Å²) in [6.07, 6.45) is 0. The first-order chi connectivity index (χ1) is 8.69. The molecule has 2 rings (SSSR count). The highest BCUT2D eigenvalue weighted by Crippen LogP contribution is 2.17. The van der Waals surface area contributed by atoms with E-state index in [4.69, 9.17) is 0 Å². The van der Waals surface area contributed by atoms with Crippen LogP contribution in [0.15, 0.2) is 35.7 Å². The lowest BCUT2D eigenvalue weighted by Crippen LogP contribution is -2.22. The second-order valence-corrected chi connectivity index (χ2v) is 5.84. The van der Waals surface area contributed by atoms with Crippen molar-refractivity contribution in [3.63, 3.8) is 0 Å². The zero-order valence-electron chi connectivity index (χ0n) is 11.4. The fourth-order valence-corrected chi connectivity index (χ4v) is 2.86. The molecule has 0 aliphatic rings. The third-order valence-corrected chi connectivity index (χ3v) is 4.17. The molecule has 0 amide bonds. The maximum atomic E-state index is 2.49. The number of rotatable bonds is 5. The minimum Gasteiger partial charge on any atom is -0.294 e. The molecule has 1 aromatic carbocycles. The Labute approximate surface area is 114 Å². The predicted molar refractivity (Wildman–Crippen MR) is 80.0 cm³/mol. The van der Waals surface area contributed by atoms with Crippen LogP contribution in [0.3, 0.4) is 0 Å². The average Bonchev–Trinajstić information content (AvgIpc) is 2.85. The van der Waals surface area contributed by atoms with Crippen LogP contribution >= 0.6 is 11.3 Å². The molecule has 0 radical (unpaired) electrons. The lowest BCUT2D eigenvalue weighted by Gasteiger charge is -2.21. The Morgan fingerprint density at radius 1 is 1.11 bits per heavy atom. The van der Waals surface area contributed by atoms with Crippen LogP contribution in [0.5, 0.6) is 0 Å². The normalized spacial score (nSPS) is 11.1. The zero-order chi connectivity index (χ0) is 13.0. The van der Waals surface area contributed by atoms with Crippen LogP contribution in [0.25, 0.3) is 0 Å². The summed E-state index contributed by atoms with van der Waals surface area (Å²) in [5.74, 6) is 0. The summed E-state index contributed by atoms with van der Waals surface area (Å²) in [6.45, 7) is 9.79. The molecule has 0 aliphatic heterocycles. The molecule has 0 atom stereocenters. The molecular formula is C16H21NS. The molecule has 0 aliphatic carbocycles. The van der Waals surface area contributed by atoms with E-state index >= 15 is 0 Å². The molecule has 0 unspecified atom stereocenters. The Hall–Kier alpha value is -1.12. The monoisotopic (exact) mass is 259 g/mol. The van der Waals surface area contributed by atoms with E-state index < -0.39 is 0 Å². The lowest BCUT2D eigenvalue weighted by atomic mass is 10.1. The summed E-state index contributed by atoms with van der Waals surface area (Å²) in [6, 6.07) is 11.1. The molecule has 1 heterocycles. The van der Waals surface area contributed by atoms with Crippen molar-refractivity contribution in [3.05, 3.63) is 57.3 Å². The molecule has 2 heteroatoms. The summed E-state index contributed by atoms with van der Waals surface area (Å²) in [5.41, 5.74) is 4.20. The predicted octanol–water partition coefficient (Wildman–Crippen LogP) is 4.39. The van der Waals surface area contributed by atoms with Gasteiger partial charge in [0.15, 0.2) is 0 Å². The van der Waals surface area contributed by atoms with Crippen molar-refractivity contribution in [2.45, 2.75) is 33.9 Å². The van der Waals surface area contributed by atoms with Crippen LogP contribution in [-0.4, -0.2) is 11.4 Å². The maximum absolute atomic E-state index is 2.49. The summed E-state index contributed by atoms with van der Waals surface area (Å²) < 4.78 is 0. The summed E-state index contributed by atoms with van der Waals surface area (Å²) in [4.78, 5) is 3.94. The van der Waals surface area contributed by atoms with E-state index in [-0.39, 0.29) is 0 Å². The third-order valence-electron chi connectivity index (χ3n) is 3.31. The van der Waals surface area contributed by atoms with Gasteiger partial charge in [0.25, 0.3) is 0 Å². The van der Waals surface area contributed by atoms with E-state index in [9.17, 15) is 0 Å². The first-order valence-corrected chi connectivity index (χ1v) is 7.38. The minimum atomic E-state index is 1.04. The van der Waals surface area contributed by atoms with Crippen LogP contribution in [0.2, 0.25) is 0 Å². The van der Waals surface area contributed by atoms with E-state index in [1.54, 1.807) is 0 Å². The van der Waals surface area contributed by atoms with Crippen LogP contribution in [0, 0.1) is 13.8 Å². The first-order valence-electron chi connectivity index (χ1n) is 6.50. The molecule has 18 heavy (non-hydrogen) atoms. The van der Waals surface area contributed by atoms with Gasteiger partial charge in [-0.1, -0.05) is 36.8 Å². The highest BCUT2D eigenvalue weighted by atomic mass is 32.1. The third kappa shape index (κ3) is 3.44. The molecule has 0 saturated carbocycles. The quantitative estimate of drug-likeness (QED) is 0.770. The van der Waals surface area contributed by atoms with Gasteiger partial charge in [-0.25, -0.2) is 0 Å². The minimum absolute atomic E-state index is 1.04. The number of benzene rings is 1. The van der Waals surface area contributed by atoms with Crippen molar-refractivity contribution in [1.29, 1.82) is 0 Å². The van der Waals surface area contributed by atoms with Gasteiger partial charge in [0.1, 0.15) is 0 Å². The van der Waals surface area contributed by atoms with Crippen molar-refractivity contribution < 1.29 is 0 Å². The van der Waals surface area contributed by atoms with Crippen LogP contribution in [0.1, 0.15) is 28.5 Å². The molecule has 0 N–H and O–H groups in total. The maximum Gasteiger partial charge on any atom is 0.0331 e. The van der Waals surface area contributed by atoms with E-state index in [0.717, 1.165) is 19.6 Å². The second kappa shape index (κ2) is 6.17. The summed E-state index contributed by atoms with van der Waals surface area (Å²) in [5, 5.41) is 2.15. The first kappa shape index (κ1) is 13.3. The van der Waals surface area contributed by atoms with Crippen molar-refractivity contribution in [3.8, 4) is 0 Å². The van der Waals surface area contributed by atoms with E-state index in [2.05, 4.69) is 61.4 Å². The van der Waals surface area contributed by atoms with E-state index in [0.29, 0.717) is 0 Å². The van der Waals surface area contributed by atoms with Gasteiger partial charge in [-0.3, -0.25) is 4.90 Å². The van der Waals surface area contributed by atoms with E-state index in [1.165, 1.54) is 21.6 Å². The van der Waals surface area contributed by atoms with Gasteiger partial charge in [0.2, 0.25) is 0 Å². The summed E-state index contributed by atoms with van der Waals surface area (Å²) >= 11 is 1.84. The standard InChI is InChI=1S/C16H21NS/c1-4-17(12-16-6-5-9-18-16)11-15-10-13(2)7-8-14(15)3/h5-10H,4,11-12H2,1-3H3. The molecule has 0 spiro atoms. The van der Waals surface area contributed by atoms with Crippen LogP contribution < -0.4 is 0 Å². The Bertz CT molecular complexity index is 488. The zero-order valence-corrected chi connectivity index (χ0v) is 12.3. The molecule has 0 saturated heterocycles. The van der Waals surface area contributed by atoms with Gasteiger partial charge < -0.3 is 0 Å². The average molecular weight is 259 g/mol. The topological polar surface area (TPSA) is 3.24 Å². The lowest BCUT2D eigenvalue weighted by molar-refractivity contribution is 0.273. The van der Waals surface area contributed by atoms with Gasteiger partial charge in [-0.2, -0.15) is 0 Å². The number of thiophene rings is 1. The van der Waals surface area contributed by atoms with Crippen LogP contribution in [0.4, 0.5) is 0 Å². The summed E-state index contributed by atoms with van der Waals surface area (Å²) in [7, 11) is 0. The number of hydrogen-bond donors (Lipinski definition) is 0. The fraction of sp³-hybridized carbons (Fsp3) is 0.375. The number of aryl methyl sites for hydroxylation is 2. The van der Waals surface area contributed by atoms with Gasteiger partial charge in [-0.15, -0.1) is 11.3 Å². The van der Waals surface area contributed by atoms with Gasteiger partial charge in [0.05, 0.1) is 0 Å². The smallest absolute Gasteiger partial charge is 0.0331 e. The molecule has 1 aromatic heterocycles. The van der Waals surface area contributed by atoms with Crippen molar-refractivity contribution >= 4 is 11.3 Å². The Morgan fingerprint density at radius 3 is 2.61 bits per heavy atom. The Balaban J connectivity index is 2.07. The largest absolute Gasteiger partial charge is 0.294 e. The second-order valence-electron chi connectivity index (χ2n) is 4.81. The highest BCUT2D eigenvalue weighted by molar-refractivity contribution is 7.09. The van der Waals surface area contributed by atoms with Gasteiger partial charge >= 0.3 is 0 Å². The number of nitrogens with zero attached hydrogens (tertiary/aromatic N) is 1. The van der Waals surface area contributed by atoms with Gasteiger partial charge in [-0.05, 0) is 43.0 Å². The van der Waals surface area contributed by atoms with E-state index in [1.807, 2.05) is 11.3 Å². The number of hydrogen-bond acceptors (Lipinski definition) is 2. The SMILES string of the molecule is CCN(Cc1cccs1)Cc1cc(C)ccc1C. The molecule has 0 fully saturated rings. The molecule has 2 aromatic rings.